The van der Waals surface area contributed by atoms with Crippen LogP contribution < -0.4 is 16.0 Å². The van der Waals surface area contributed by atoms with Crippen LogP contribution in [0.15, 0.2) is 146 Å². The lowest BCUT2D eigenvalue weighted by molar-refractivity contribution is -0.141. The summed E-state index contributed by atoms with van der Waals surface area (Å²) in [6.07, 6.45) is 17.8. The minimum atomic E-state index is -1.03. The number of aliphatic hydroxyl groups is 1. The number of hydrogen-bond donors (Lipinski definition) is 4. The monoisotopic (exact) mass is 1130 g/mol. The first-order valence-corrected chi connectivity index (χ1v) is 29.7. The molecule has 434 valence electrons. The van der Waals surface area contributed by atoms with Crippen molar-refractivity contribution in [3.05, 3.63) is 174 Å². The van der Waals surface area contributed by atoms with Crippen LogP contribution in [-0.2, 0) is 50.5 Å². The highest BCUT2D eigenvalue weighted by Gasteiger charge is 2.45. The molecule has 1 saturated carbocycles. The maximum atomic E-state index is 14.1. The number of rotatable bonds is 20. The summed E-state index contributed by atoms with van der Waals surface area (Å²) in [5.74, 6) is -0.463. The normalized spacial score (nSPS) is 19.4. The van der Waals surface area contributed by atoms with Crippen molar-refractivity contribution in [1.82, 2.24) is 55.2 Å². The van der Waals surface area contributed by atoms with E-state index in [1.807, 2.05) is 111 Å². The van der Waals surface area contributed by atoms with E-state index in [1.165, 1.54) is 44.0 Å². The van der Waals surface area contributed by atoms with Gasteiger partial charge in [0.25, 0.3) is 5.91 Å². The second-order valence-corrected chi connectivity index (χ2v) is 23.6. The first-order chi connectivity index (χ1) is 39.8. The van der Waals surface area contributed by atoms with Gasteiger partial charge in [0, 0.05) is 86.9 Å². The molecule has 4 fully saturated rings. The van der Waals surface area contributed by atoms with Crippen LogP contribution in [0.25, 0.3) is 0 Å². The third-order valence-corrected chi connectivity index (χ3v) is 17.9. The molecule has 4 N–H and O–H groups in total. The van der Waals surface area contributed by atoms with E-state index in [9.17, 15) is 29.1 Å². The highest BCUT2D eigenvalue weighted by molar-refractivity contribution is 6.30. The van der Waals surface area contributed by atoms with Gasteiger partial charge in [0.15, 0.2) is 0 Å². The van der Waals surface area contributed by atoms with Gasteiger partial charge < -0.3 is 30.9 Å². The van der Waals surface area contributed by atoms with Gasteiger partial charge in [0.1, 0.15) is 30.8 Å². The van der Waals surface area contributed by atoms with E-state index in [4.69, 9.17) is 11.6 Å². The number of benzene rings is 4. The van der Waals surface area contributed by atoms with Crippen LogP contribution in [0.1, 0.15) is 105 Å². The number of likely N-dealkylation sites (N-methyl/N-ethyl adjacent to an activating group) is 1. The molecule has 1 unspecified atom stereocenters. The molecule has 2 aromatic heterocycles. The lowest BCUT2D eigenvalue weighted by Gasteiger charge is -2.48. The molecule has 4 aliphatic rings. The number of piperidine rings is 2. The third-order valence-electron chi connectivity index (χ3n) is 17.6. The number of amides is 5. The SMILES string of the molecule is CC(O)C[C@H](NC(=O)c1ccccc1)C(=O)N[C@@H](Cc1ccccc1)C(=O)N1CCC(Cn2cncn2)(c2ccccc2)CC1.CN1CC[C@@H]1C(=O)N[C@H](Cc1ccc(Cl)cc1)C(=O)N1CCC(Cn2cccn2)(C2CCCCC2)CC1. The predicted octanol–water partition coefficient (Wildman–Crippen LogP) is 7.29. The molecule has 3 saturated heterocycles. The van der Waals surface area contributed by atoms with Crippen molar-refractivity contribution >= 4 is 41.1 Å². The largest absolute Gasteiger partial charge is 0.393 e. The summed E-state index contributed by atoms with van der Waals surface area (Å²) in [5.41, 5.74) is 3.44. The quantitative estimate of drug-likeness (QED) is 0.0602. The summed E-state index contributed by atoms with van der Waals surface area (Å²) in [7, 11) is 1.96. The molecular weight excluding hydrogens is 1050 g/mol. The van der Waals surface area contributed by atoms with Gasteiger partial charge in [0.05, 0.1) is 18.7 Å². The minimum absolute atomic E-state index is 0.00223. The van der Waals surface area contributed by atoms with E-state index >= 15 is 0 Å². The molecule has 0 bridgehead atoms. The van der Waals surface area contributed by atoms with E-state index in [0.717, 1.165) is 56.6 Å². The Balaban J connectivity index is 0.000000201. The van der Waals surface area contributed by atoms with Crippen molar-refractivity contribution in [3.63, 3.8) is 0 Å². The van der Waals surface area contributed by atoms with Gasteiger partial charge in [-0.15, -0.1) is 0 Å². The fraction of sp³-hybridized carbons (Fsp3) is 0.469. The number of nitrogens with one attached hydrogen (secondary N) is 3. The molecule has 17 nitrogen and oxygen atoms in total. The second-order valence-electron chi connectivity index (χ2n) is 23.2. The Labute approximate surface area is 487 Å². The van der Waals surface area contributed by atoms with Crippen LogP contribution in [0.4, 0.5) is 0 Å². The first-order valence-electron chi connectivity index (χ1n) is 29.3. The van der Waals surface area contributed by atoms with Crippen molar-refractivity contribution in [3.8, 4) is 0 Å². The van der Waals surface area contributed by atoms with Crippen LogP contribution in [-0.4, -0.2) is 144 Å². The number of hydrogen-bond acceptors (Lipinski definition) is 10. The van der Waals surface area contributed by atoms with Crippen molar-refractivity contribution in [2.75, 3.05) is 39.8 Å². The second kappa shape index (κ2) is 28.2. The van der Waals surface area contributed by atoms with E-state index in [-0.39, 0.29) is 41.0 Å². The molecule has 1 aliphatic carbocycles. The van der Waals surface area contributed by atoms with Gasteiger partial charge in [-0.1, -0.05) is 122 Å². The fourth-order valence-electron chi connectivity index (χ4n) is 12.7. The van der Waals surface area contributed by atoms with Gasteiger partial charge in [-0.05, 0) is 117 Å². The average molecular weight is 1130 g/mol. The van der Waals surface area contributed by atoms with Crippen molar-refractivity contribution in [2.45, 2.75) is 139 Å². The van der Waals surface area contributed by atoms with Gasteiger partial charge in [-0.3, -0.25) is 38.2 Å². The van der Waals surface area contributed by atoms with E-state index in [2.05, 4.69) is 54.1 Å². The Morgan fingerprint density at radius 3 is 1.80 bits per heavy atom. The number of halogens is 1. The lowest BCUT2D eigenvalue weighted by atomic mass is 9.63. The molecular formula is C64H80ClN11O6. The topological polar surface area (TPSA) is 200 Å². The summed E-state index contributed by atoms with van der Waals surface area (Å²) >= 11 is 6.09. The molecule has 0 spiro atoms. The van der Waals surface area contributed by atoms with Gasteiger partial charge in [-0.25, -0.2) is 4.98 Å². The first kappa shape index (κ1) is 59.4. The standard InChI is InChI=1S/C35H40N6O4.C29H40ClN5O2/c1-26(42)21-30(38-32(43)28-13-7-3-8-14-28)33(44)39-31(22-27-11-5-2-6-12-27)34(45)40-19-17-35(18-20-40,23-41-25-36-24-37-41)29-15-9-4-10-16-29;1-33-17-12-26(33)27(36)32-25(20-22-8-10-24(30)11-9-22)28(37)34-18-13-29(14-19-34,21-35-16-5-15-31-35)23-6-3-2-4-7-23/h2-16,24-26,30-31,42H,17-23H2,1H3,(H,38,43)(H,39,44);5,8-11,15-16,23,25-26H,2-4,6-7,12-14,17-21H2,1H3,(H,32,36)/t26?,30-,31-;25-,26-/m01/s1. The fourth-order valence-corrected chi connectivity index (χ4v) is 12.9. The van der Waals surface area contributed by atoms with Crippen LogP contribution in [0.2, 0.25) is 5.02 Å². The van der Waals surface area contributed by atoms with Crippen molar-refractivity contribution in [1.29, 1.82) is 0 Å². The molecule has 5 atom stereocenters. The number of nitrogens with zero attached hydrogens (tertiary/aromatic N) is 8. The Bertz CT molecular complexity index is 2960. The van der Waals surface area contributed by atoms with Crippen LogP contribution in [0.5, 0.6) is 0 Å². The van der Waals surface area contributed by atoms with Gasteiger partial charge >= 0.3 is 0 Å². The third kappa shape index (κ3) is 15.5. The number of aliphatic hydroxyl groups excluding tert-OH is 1. The van der Waals surface area contributed by atoms with Crippen molar-refractivity contribution < 1.29 is 29.1 Å². The summed E-state index contributed by atoms with van der Waals surface area (Å²) < 4.78 is 3.93. The summed E-state index contributed by atoms with van der Waals surface area (Å²) in [4.78, 5) is 77.6. The van der Waals surface area contributed by atoms with Crippen LogP contribution in [0.3, 0.4) is 0 Å². The number of likely N-dealkylation sites (tertiary alicyclic amines) is 3. The smallest absolute Gasteiger partial charge is 0.251 e. The lowest BCUT2D eigenvalue weighted by Crippen LogP contribution is -2.59. The van der Waals surface area contributed by atoms with Gasteiger partial charge in [0.2, 0.25) is 23.6 Å². The molecule has 4 aromatic carbocycles. The van der Waals surface area contributed by atoms with Crippen LogP contribution >= 0.6 is 11.6 Å². The molecule has 82 heavy (non-hydrogen) atoms. The van der Waals surface area contributed by atoms with Gasteiger partial charge in [-0.2, -0.15) is 10.2 Å². The Morgan fingerprint density at radius 1 is 0.646 bits per heavy atom. The number of carbonyl (C=O) groups excluding carboxylic acids is 5. The molecule has 5 heterocycles. The Hall–Kier alpha value is -7.21. The maximum Gasteiger partial charge on any atom is 0.251 e. The molecule has 10 rings (SSSR count). The van der Waals surface area contributed by atoms with E-state index in [1.54, 1.807) is 43.6 Å². The summed E-state index contributed by atoms with van der Waals surface area (Å²) in [6, 6.07) is 35.4. The zero-order valence-corrected chi connectivity index (χ0v) is 48.2. The Morgan fingerprint density at radius 2 is 1.24 bits per heavy atom. The average Bonchev–Trinajstić information content (AvgIpc) is 4.33. The highest BCUT2D eigenvalue weighted by atomic mass is 35.5. The molecule has 5 amide bonds. The van der Waals surface area contributed by atoms with E-state index < -0.39 is 36.0 Å². The van der Waals surface area contributed by atoms with Crippen LogP contribution in [0, 0.1) is 11.3 Å². The molecule has 0 radical (unpaired) electrons. The maximum absolute atomic E-state index is 14.1. The van der Waals surface area contributed by atoms with Crippen molar-refractivity contribution in [2.24, 2.45) is 11.3 Å². The number of carbonyl (C=O) groups is 5. The van der Waals surface area contributed by atoms with E-state index in [0.29, 0.717) is 61.8 Å². The zero-order valence-electron chi connectivity index (χ0n) is 47.4. The zero-order chi connectivity index (χ0) is 57.5. The highest BCUT2D eigenvalue weighted by Crippen LogP contribution is 2.47. The molecule has 3 aliphatic heterocycles. The minimum Gasteiger partial charge on any atom is -0.393 e. The number of aromatic nitrogens is 5. The summed E-state index contributed by atoms with van der Waals surface area (Å²) in [6.45, 7) is 6.51. The molecule has 6 aromatic rings. The molecule has 18 heteroatoms. The Kier molecular flexibility index (Phi) is 20.4. The summed E-state index contributed by atoms with van der Waals surface area (Å²) in [5, 5.41) is 28.5. The predicted molar refractivity (Wildman–Crippen MR) is 315 cm³/mol.